The molecule has 7 aromatic rings. The third-order valence-corrected chi connectivity index (χ3v) is 10.5. The Labute approximate surface area is 287 Å². The van der Waals surface area contributed by atoms with Gasteiger partial charge in [-0.2, -0.15) is 11.3 Å². The summed E-state index contributed by atoms with van der Waals surface area (Å²) in [7, 11) is -1.23. The minimum absolute atomic E-state index is 0. The van der Waals surface area contributed by atoms with Gasteiger partial charge in [0.05, 0.1) is 8.07 Å². The van der Waals surface area contributed by atoms with E-state index in [9.17, 15) is 0 Å². The number of thiophene rings is 1. The van der Waals surface area contributed by atoms with Crippen LogP contribution >= 0.6 is 11.3 Å². The molecule has 0 saturated carbocycles. The van der Waals surface area contributed by atoms with Gasteiger partial charge < -0.3 is 9.97 Å². The van der Waals surface area contributed by atoms with Crippen molar-refractivity contribution in [3.8, 4) is 33.6 Å². The van der Waals surface area contributed by atoms with Crippen LogP contribution in [0.25, 0.3) is 53.8 Å². The SMILES string of the molecule is C[Si](C)(C)c1ccc(-c2[c-]cccc2)nc1.[2H]C([2H])([2H])c1ccnc(-c2[c-]ccc3c2sc2cc(-c4ccccc4)c(C([2H])([2H])[2H])cc23)c1.[Ir]. The first-order valence-electron chi connectivity index (χ1n) is 17.1. The summed E-state index contributed by atoms with van der Waals surface area (Å²) in [6.45, 7) is 2.49. The number of hydrogen-bond acceptors (Lipinski definition) is 3. The maximum absolute atomic E-state index is 8.13. The second-order valence-corrected chi connectivity index (χ2v) is 17.5. The van der Waals surface area contributed by atoms with Gasteiger partial charge in [-0.25, -0.2) is 0 Å². The fourth-order valence-corrected chi connectivity index (χ4v) is 7.21. The van der Waals surface area contributed by atoms with E-state index in [0.29, 0.717) is 22.4 Å². The predicted octanol–water partition coefficient (Wildman–Crippen LogP) is 10.3. The van der Waals surface area contributed by atoms with Gasteiger partial charge in [0, 0.05) is 45.4 Å². The molecule has 5 heteroatoms. The average Bonchev–Trinajstić information content (AvgIpc) is 3.46. The van der Waals surface area contributed by atoms with Crippen molar-refractivity contribution in [1.29, 1.82) is 0 Å². The van der Waals surface area contributed by atoms with Crippen molar-refractivity contribution in [3.05, 3.63) is 139 Å². The molecule has 0 N–H and O–H groups in total. The Bertz CT molecular complexity index is 2230. The molecule has 4 aromatic carbocycles. The summed E-state index contributed by atoms with van der Waals surface area (Å²) in [5.41, 5.74) is 5.35. The van der Waals surface area contributed by atoms with Crippen molar-refractivity contribution in [2.75, 3.05) is 0 Å². The van der Waals surface area contributed by atoms with Gasteiger partial charge in [0.2, 0.25) is 0 Å². The normalized spacial score (nSPS) is 13.7. The van der Waals surface area contributed by atoms with Gasteiger partial charge in [-0.15, -0.1) is 59.7 Å². The molecule has 0 spiro atoms. The zero-order valence-corrected chi connectivity index (χ0v) is 28.8. The second kappa shape index (κ2) is 13.5. The molecule has 0 aliphatic carbocycles. The fraction of sp³-hybridized carbons (Fsp3) is 0.128. The molecule has 0 atom stereocenters. The van der Waals surface area contributed by atoms with Crippen molar-refractivity contribution in [2.45, 2.75) is 33.3 Å². The summed E-state index contributed by atoms with van der Waals surface area (Å²) in [5.74, 6) is 0. The van der Waals surface area contributed by atoms with Crippen LogP contribution in [0.2, 0.25) is 19.6 Å². The predicted molar refractivity (Wildman–Crippen MR) is 188 cm³/mol. The minimum atomic E-state index is -2.27. The largest absolute Gasteiger partial charge is 0.305 e. The number of hydrogen-bond donors (Lipinski definition) is 0. The number of aryl methyl sites for hydroxylation is 2. The zero-order valence-electron chi connectivity index (χ0n) is 30.6. The quantitative estimate of drug-likeness (QED) is 0.131. The maximum atomic E-state index is 8.13. The van der Waals surface area contributed by atoms with E-state index in [4.69, 9.17) is 8.22 Å². The van der Waals surface area contributed by atoms with E-state index in [2.05, 4.69) is 53.9 Å². The maximum Gasteiger partial charge on any atom is 0.0795 e. The van der Waals surface area contributed by atoms with Gasteiger partial charge in [-0.05, 0) is 69.2 Å². The number of rotatable bonds is 4. The zero-order chi connectivity index (χ0) is 35.0. The van der Waals surface area contributed by atoms with Crippen LogP contribution in [0.4, 0.5) is 0 Å². The number of pyridine rings is 2. The van der Waals surface area contributed by atoms with Gasteiger partial charge in [-0.3, -0.25) is 0 Å². The molecule has 0 saturated heterocycles. The number of benzene rings is 4. The molecular weight excluding hydrogens is 749 g/mol. The summed E-state index contributed by atoms with van der Waals surface area (Å²) in [5, 5.41) is 3.14. The van der Waals surface area contributed by atoms with Crippen LogP contribution in [-0.4, -0.2) is 18.0 Å². The van der Waals surface area contributed by atoms with Crippen molar-refractivity contribution >= 4 is 44.8 Å². The van der Waals surface area contributed by atoms with E-state index in [1.54, 1.807) is 18.2 Å². The molecule has 0 unspecified atom stereocenters. The summed E-state index contributed by atoms with van der Waals surface area (Å²) in [4.78, 5) is 8.92. The molecule has 0 aliphatic heterocycles. The summed E-state index contributed by atoms with van der Waals surface area (Å²) >= 11 is 1.53. The Morgan fingerprint density at radius 1 is 0.750 bits per heavy atom. The molecule has 0 amide bonds. The van der Waals surface area contributed by atoms with E-state index in [1.807, 2.05) is 72.9 Å². The molecule has 7 rings (SSSR count). The average molecular weight is 789 g/mol. The first kappa shape index (κ1) is 24.6. The molecule has 0 aliphatic rings. The van der Waals surface area contributed by atoms with Crippen LogP contribution in [0.15, 0.2) is 116 Å². The van der Waals surface area contributed by atoms with Crippen molar-refractivity contribution < 1.29 is 28.3 Å². The summed E-state index contributed by atoms with van der Waals surface area (Å²) < 4.78 is 49.4. The number of nitrogens with zero attached hydrogens (tertiary/aromatic N) is 2. The van der Waals surface area contributed by atoms with Crippen LogP contribution in [0.5, 0.6) is 0 Å². The minimum Gasteiger partial charge on any atom is -0.305 e. The Balaban J connectivity index is 0.000000241. The monoisotopic (exact) mass is 789 g/mol. The molecule has 3 aromatic heterocycles. The smallest absolute Gasteiger partial charge is 0.0795 e. The van der Waals surface area contributed by atoms with E-state index in [1.165, 1.54) is 28.8 Å². The van der Waals surface area contributed by atoms with E-state index in [0.717, 1.165) is 37.0 Å². The fourth-order valence-electron chi connectivity index (χ4n) is 4.95. The van der Waals surface area contributed by atoms with Crippen LogP contribution in [-0.2, 0) is 20.1 Å². The molecule has 221 valence electrons. The summed E-state index contributed by atoms with van der Waals surface area (Å²) in [6.07, 6.45) is 3.51. The van der Waals surface area contributed by atoms with Gasteiger partial charge in [-0.1, -0.05) is 85.2 Å². The van der Waals surface area contributed by atoms with Crippen LogP contribution in [0.3, 0.4) is 0 Å². The Morgan fingerprint density at radius 2 is 1.59 bits per heavy atom. The second-order valence-electron chi connectivity index (χ2n) is 11.3. The van der Waals surface area contributed by atoms with Gasteiger partial charge >= 0.3 is 0 Å². The Kier molecular flexibility index (Phi) is 7.54. The van der Waals surface area contributed by atoms with Crippen molar-refractivity contribution in [2.24, 2.45) is 0 Å². The first-order valence-corrected chi connectivity index (χ1v) is 18.4. The standard InChI is InChI=1S/C25H18NS.C14H16NSi.Ir/c1-16-11-12-26-23(13-16)20-10-6-9-19-22-14-17(2)21(15-24(22)27-25(19)20)18-7-4-3-5-8-18;1-16(2,3)13-9-10-14(15-11-13)12-7-5-4-6-8-12;/h3-9,11-15H,1-2H3;4-7,9-11H,1-3H3;/q2*-1;/i1D3,2D3;;. The van der Waals surface area contributed by atoms with Crippen LogP contribution < -0.4 is 5.19 Å². The van der Waals surface area contributed by atoms with E-state index < -0.39 is 21.8 Å². The molecule has 0 bridgehead atoms. The molecular formula is C39H34IrN2SSi-2. The molecule has 44 heavy (non-hydrogen) atoms. The molecule has 0 fully saturated rings. The van der Waals surface area contributed by atoms with E-state index >= 15 is 0 Å². The number of aromatic nitrogens is 2. The Morgan fingerprint density at radius 3 is 2.30 bits per heavy atom. The number of fused-ring (bicyclic) bond motifs is 3. The third-order valence-electron chi connectivity index (χ3n) is 7.29. The van der Waals surface area contributed by atoms with Gasteiger partial charge in [0.15, 0.2) is 0 Å². The molecule has 1 radical (unpaired) electrons. The molecule has 2 nitrogen and oxygen atoms in total. The topological polar surface area (TPSA) is 25.8 Å². The van der Waals surface area contributed by atoms with Crippen molar-refractivity contribution in [3.63, 3.8) is 0 Å². The Hall–Kier alpha value is -3.73. The van der Waals surface area contributed by atoms with Crippen LogP contribution in [0, 0.1) is 25.8 Å². The third kappa shape index (κ3) is 6.82. The van der Waals surface area contributed by atoms with E-state index in [-0.39, 0.29) is 25.7 Å². The van der Waals surface area contributed by atoms with Gasteiger partial charge in [0.25, 0.3) is 0 Å². The van der Waals surface area contributed by atoms with Gasteiger partial charge in [0.1, 0.15) is 0 Å². The summed E-state index contributed by atoms with van der Waals surface area (Å²) in [6, 6.07) is 38.6. The molecule has 3 heterocycles. The first-order chi connectivity index (χ1) is 23.2. The van der Waals surface area contributed by atoms with Crippen LogP contribution in [0.1, 0.15) is 19.4 Å². The van der Waals surface area contributed by atoms with Crippen molar-refractivity contribution in [1.82, 2.24) is 9.97 Å².